The van der Waals surface area contributed by atoms with Crippen molar-refractivity contribution in [1.29, 1.82) is 0 Å². The molecule has 0 atom stereocenters. The Labute approximate surface area is 152 Å². The van der Waals surface area contributed by atoms with E-state index in [-0.39, 0.29) is 5.91 Å². The molecule has 25 heavy (non-hydrogen) atoms. The monoisotopic (exact) mass is 350 g/mol. The molecule has 0 fully saturated rings. The van der Waals surface area contributed by atoms with Gasteiger partial charge in [-0.15, -0.1) is 0 Å². The number of benzene rings is 2. The van der Waals surface area contributed by atoms with E-state index in [1.807, 2.05) is 32.0 Å². The van der Waals surface area contributed by atoms with Gasteiger partial charge in [-0.3, -0.25) is 4.79 Å². The van der Waals surface area contributed by atoms with Crippen molar-refractivity contribution >= 4 is 34.3 Å². The summed E-state index contributed by atoms with van der Waals surface area (Å²) in [5.74, 6) is 0.333. The van der Waals surface area contributed by atoms with Crippen molar-refractivity contribution in [3.05, 3.63) is 64.7 Å². The van der Waals surface area contributed by atoms with E-state index >= 15 is 0 Å². The Hall–Kier alpha value is -2.33. The molecule has 1 aromatic heterocycles. The largest absolute Gasteiger partial charge is 0.325 e. The van der Waals surface area contributed by atoms with Crippen LogP contribution in [0.15, 0.2) is 47.5 Å². The van der Waals surface area contributed by atoms with E-state index in [1.54, 1.807) is 0 Å². The zero-order valence-electron chi connectivity index (χ0n) is 15.0. The predicted molar refractivity (Wildman–Crippen MR) is 106 cm³/mol. The summed E-state index contributed by atoms with van der Waals surface area (Å²) in [6, 6.07) is 14.3. The quantitative estimate of drug-likeness (QED) is 0.658. The number of rotatable bonds is 4. The van der Waals surface area contributed by atoms with Gasteiger partial charge in [0.2, 0.25) is 5.91 Å². The average Bonchev–Trinajstić information content (AvgIpc) is 2.57. The number of hydrogen-bond donors (Lipinski definition) is 1. The van der Waals surface area contributed by atoms with Gasteiger partial charge in [0.25, 0.3) is 0 Å². The van der Waals surface area contributed by atoms with Crippen LogP contribution >= 0.6 is 11.8 Å². The topological polar surface area (TPSA) is 42.0 Å². The maximum Gasteiger partial charge on any atom is 0.234 e. The highest BCUT2D eigenvalue weighted by atomic mass is 32.2. The summed E-state index contributed by atoms with van der Waals surface area (Å²) in [6.45, 7) is 8.17. The molecule has 1 amide bonds. The van der Waals surface area contributed by atoms with Crippen LogP contribution in [-0.2, 0) is 4.79 Å². The standard InChI is InChI=1S/C21H22N2OS/c1-13-8-9-14(2)18(10-13)22-19(24)12-25-20-11-16(4)17-7-5-6-15(3)21(17)23-20/h5-11H,12H2,1-4H3,(H,22,24). The SMILES string of the molecule is Cc1ccc(C)c(NC(=O)CSc2cc(C)c3cccc(C)c3n2)c1. The zero-order valence-corrected chi connectivity index (χ0v) is 15.8. The number of aromatic nitrogens is 1. The molecule has 3 rings (SSSR count). The second-order valence-electron chi connectivity index (χ2n) is 6.40. The van der Waals surface area contributed by atoms with Gasteiger partial charge in [-0.05, 0) is 62.1 Å². The van der Waals surface area contributed by atoms with Crippen molar-refractivity contribution in [2.75, 3.05) is 11.1 Å². The predicted octanol–water partition coefficient (Wildman–Crippen LogP) is 5.20. The van der Waals surface area contributed by atoms with Crippen LogP contribution in [0.4, 0.5) is 5.69 Å². The summed E-state index contributed by atoms with van der Waals surface area (Å²) in [4.78, 5) is 17.0. The lowest BCUT2D eigenvalue weighted by Gasteiger charge is -2.10. The third-order valence-electron chi connectivity index (χ3n) is 4.24. The Morgan fingerprint density at radius 1 is 1.00 bits per heavy atom. The second kappa shape index (κ2) is 7.28. The molecular formula is C21H22N2OS. The molecule has 2 aromatic carbocycles. The van der Waals surface area contributed by atoms with Crippen molar-refractivity contribution in [2.24, 2.45) is 0 Å². The van der Waals surface area contributed by atoms with Crippen LogP contribution in [0.1, 0.15) is 22.3 Å². The summed E-state index contributed by atoms with van der Waals surface area (Å²) in [5.41, 5.74) is 6.44. The van der Waals surface area contributed by atoms with Crippen LogP contribution in [0.2, 0.25) is 0 Å². The average molecular weight is 350 g/mol. The third-order valence-corrected chi connectivity index (χ3v) is 5.15. The van der Waals surface area contributed by atoms with Gasteiger partial charge < -0.3 is 5.32 Å². The number of nitrogens with zero attached hydrogens (tertiary/aromatic N) is 1. The van der Waals surface area contributed by atoms with Gasteiger partial charge >= 0.3 is 0 Å². The van der Waals surface area contributed by atoms with Crippen LogP contribution in [0.25, 0.3) is 10.9 Å². The molecule has 3 nitrogen and oxygen atoms in total. The Balaban J connectivity index is 1.73. The van der Waals surface area contributed by atoms with Gasteiger partial charge in [0.15, 0.2) is 0 Å². The molecule has 3 aromatic rings. The Kier molecular flexibility index (Phi) is 5.09. The fourth-order valence-corrected chi connectivity index (χ4v) is 3.57. The number of hydrogen-bond acceptors (Lipinski definition) is 3. The number of thioether (sulfide) groups is 1. The molecule has 0 unspecified atom stereocenters. The van der Waals surface area contributed by atoms with Crippen LogP contribution in [-0.4, -0.2) is 16.6 Å². The Bertz CT molecular complexity index is 950. The number of amides is 1. The Morgan fingerprint density at radius 2 is 1.80 bits per heavy atom. The Morgan fingerprint density at radius 3 is 2.60 bits per heavy atom. The summed E-state index contributed by atoms with van der Waals surface area (Å²) in [5, 5.41) is 5.05. The number of aryl methyl sites for hydroxylation is 4. The summed E-state index contributed by atoms with van der Waals surface area (Å²) in [7, 11) is 0. The molecular weight excluding hydrogens is 328 g/mol. The van der Waals surface area contributed by atoms with Crippen LogP contribution in [0.5, 0.6) is 0 Å². The molecule has 0 aliphatic carbocycles. The molecule has 4 heteroatoms. The number of carbonyl (C=O) groups is 1. The van der Waals surface area contributed by atoms with E-state index in [1.165, 1.54) is 22.7 Å². The summed E-state index contributed by atoms with van der Waals surface area (Å²) in [6.07, 6.45) is 0. The lowest BCUT2D eigenvalue weighted by atomic mass is 10.1. The van der Waals surface area contributed by atoms with Gasteiger partial charge in [-0.1, -0.05) is 42.1 Å². The lowest BCUT2D eigenvalue weighted by molar-refractivity contribution is -0.113. The minimum atomic E-state index is -0.0111. The van der Waals surface area contributed by atoms with Gasteiger partial charge in [-0.25, -0.2) is 4.98 Å². The van der Waals surface area contributed by atoms with E-state index in [0.717, 1.165) is 32.9 Å². The number of para-hydroxylation sites is 1. The number of anilines is 1. The van der Waals surface area contributed by atoms with Crippen molar-refractivity contribution in [3.63, 3.8) is 0 Å². The molecule has 128 valence electrons. The van der Waals surface area contributed by atoms with Crippen molar-refractivity contribution in [3.8, 4) is 0 Å². The van der Waals surface area contributed by atoms with E-state index in [0.29, 0.717) is 5.75 Å². The fourth-order valence-electron chi connectivity index (χ4n) is 2.80. The van der Waals surface area contributed by atoms with E-state index < -0.39 is 0 Å². The number of carbonyl (C=O) groups excluding carboxylic acids is 1. The van der Waals surface area contributed by atoms with Crippen LogP contribution < -0.4 is 5.32 Å². The first kappa shape index (κ1) is 17.5. The second-order valence-corrected chi connectivity index (χ2v) is 7.40. The highest BCUT2D eigenvalue weighted by Gasteiger charge is 2.09. The van der Waals surface area contributed by atoms with Crippen LogP contribution in [0.3, 0.4) is 0 Å². The molecule has 0 aliphatic rings. The van der Waals surface area contributed by atoms with Crippen molar-refractivity contribution in [1.82, 2.24) is 4.98 Å². The minimum Gasteiger partial charge on any atom is -0.325 e. The fraction of sp³-hybridized carbons (Fsp3) is 0.238. The molecule has 0 saturated carbocycles. The molecule has 0 aliphatic heterocycles. The number of fused-ring (bicyclic) bond motifs is 1. The van der Waals surface area contributed by atoms with Gasteiger partial charge in [0.1, 0.15) is 0 Å². The van der Waals surface area contributed by atoms with E-state index in [9.17, 15) is 4.79 Å². The molecule has 0 radical (unpaired) electrons. The highest BCUT2D eigenvalue weighted by molar-refractivity contribution is 7.99. The van der Waals surface area contributed by atoms with Gasteiger partial charge in [-0.2, -0.15) is 0 Å². The number of nitrogens with one attached hydrogen (secondary N) is 1. The highest BCUT2D eigenvalue weighted by Crippen LogP contribution is 2.26. The molecule has 0 spiro atoms. The maximum atomic E-state index is 12.3. The molecule has 0 bridgehead atoms. The first-order valence-corrected chi connectivity index (χ1v) is 9.29. The third kappa shape index (κ3) is 4.02. The van der Waals surface area contributed by atoms with E-state index in [2.05, 4.69) is 43.4 Å². The van der Waals surface area contributed by atoms with Crippen molar-refractivity contribution in [2.45, 2.75) is 32.7 Å². The smallest absolute Gasteiger partial charge is 0.234 e. The van der Waals surface area contributed by atoms with E-state index in [4.69, 9.17) is 4.98 Å². The molecule has 0 saturated heterocycles. The summed E-state index contributed by atoms with van der Waals surface area (Å²) < 4.78 is 0. The molecule has 1 N–H and O–H groups in total. The lowest BCUT2D eigenvalue weighted by Crippen LogP contribution is -2.15. The molecule has 1 heterocycles. The van der Waals surface area contributed by atoms with Crippen LogP contribution in [0, 0.1) is 27.7 Å². The van der Waals surface area contributed by atoms with Gasteiger partial charge in [0.05, 0.1) is 16.3 Å². The first-order valence-electron chi connectivity index (χ1n) is 8.31. The number of pyridine rings is 1. The first-order chi connectivity index (χ1) is 11.9. The maximum absolute atomic E-state index is 12.3. The zero-order chi connectivity index (χ0) is 18.0. The minimum absolute atomic E-state index is 0.0111. The summed E-state index contributed by atoms with van der Waals surface area (Å²) >= 11 is 1.47. The normalized spacial score (nSPS) is 10.9. The van der Waals surface area contributed by atoms with Crippen molar-refractivity contribution < 1.29 is 4.79 Å². The van der Waals surface area contributed by atoms with Gasteiger partial charge in [0, 0.05) is 11.1 Å².